The molecule has 110 valence electrons. The Bertz CT molecular complexity index is 607. The van der Waals surface area contributed by atoms with E-state index in [0.29, 0.717) is 6.42 Å². The van der Waals surface area contributed by atoms with E-state index < -0.39 is 0 Å². The summed E-state index contributed by atoms with van der Waals surface area (Å²) in [6.07, 6.45) is 3.33. The molecule has 1 aliphatic rings. The van der Waals surface area contributed by atoms with Crippen molar-refractivity contribution in [3.63, 3.8) is 0 Å². The molecule has 0 saturated heterocycles. The minimum absolute atomic E-state index is 0.0289. The van der Waals surface area contributed by atoms with Crippen molar-refractivity contribution in [3.8, 4) is 0 Å². The molecular weight excluding hydrogens is 264 g/mol. The molecule has 4 nitrogen and oxygen atoms in total. The van der Waals surface area contributed by atoms with Gasteiger partial charge < -0.3 is 15.1 Å². The minimum Gasteiger partial charge on any atom is -0.469 e. The van der Waals surface area contributed by atoms with Crippen molar-refractivity contribution in [2.45, 2.75) is 31.8 Å². The monoisotopic (exact) mass is 284 g/mol. The number of amides is 1. The molecule has 2 unspecified atom stereocenters. The van der Waals surface area contributed by atoms with Crippen LogP contribution in [0.2, 0.25) is 0 Å². The van der Waals surface area contributed by atoms with Crippen LogP contribution < -0.4 is 10.6 Å². The molecule has 21 heavy (non-hydrogen) atoms. The fraction of sp³-hybridized carbons (Fsp3) is 0.353. The van der Waals surface area contributed by atoms with Gasteiger partial charge in [0.05, 0.1) is 6.26 Å². The fourth-order valence-electron chi connectivity index (χ4n) is 2.85. The summed E-state index contributed by atoms with van der Waals surface area (Å²) >= 11 is 0. The Morgan fingerprint density at radius 3 is 3.05 bits per heavy atom. The molecule has 1 aromatic carbocycles. The van der Waals surface area contributed by atoms with Crippen LogP contribution in [0.4, 0.5) is 0 Å². The lowest BCUT2D eigenvalue weighted by Gasteiger charge is -2.27. The Morgan fingerprint density at radius 2 is 2.24 bits per heavy atom. The summed E-state index contributed by atoms with van der Waals surface area (Å²) in [5.41, 5.74) is 2.35. The zero-order valence-corrected chi connectivity index (χ0v) is 12.1. The number of nitrogens with one attached hydrogen (secondary N) is 2. The first-order valence-electron chi connectivity index (χ1n) is 7.38. The van der Waals surface area contributed by atoms with Crippen molar-refractivity contribution in [1.82, 2.24) is 10.6 Å². The van der Waals surface area contributed by atoms with Gasteiger partial charge in [-0.05, 0) is 36.6 Å². The minimum atomic E-state index is -0.256. The standard InChI is InChI=1S/C17H20N2O2/c1-12(11-14-6-4-10-21-14)19-17(20)16-15-7-3-2-5-13(15)8-9-18-16/h2-7,10,12,16,18H,8-9,11H2,1H3,(H,19,20). The van der Waals surface area contributed by atoms with Gasteiger partial charge in [-0.1, -0.05) is 24.3 Å². The van der Waals surface area contributed by atoms with Crippen molar-refractivity contribution in [2.24, 2.45) is 0 Å². The highest BCUT2D eigenvalue weighted by Gasteiger charge is 2.26. The van der Waals surface area contributed by atoms with E-state index in [-0.39, 0.29) is 18.0 Å². The van der Waals surface area contributed by atoms with Crippen LogP contribution in [0.5, 0.6) is 0 Å². The van der Waals surface area contributed by atoms with Crippen molar-refractivity contribution in [2.75, 3.05) is 6.54 Å². The predicted octanol–water partition coefficient (Wildman–Crippen LogP) is 2.21. The van der Waals surface area contributed by atoms with Crippen LogP contribution in [0.25, 0.3) is 0 Å². The van der Waals surface area contributed by atoms with Gasteiger partial charge in [0.15, 0.2) is 0 Å². The fourth-order valence-corrected chi connectivity index (χ4v) is 2.85. The summed E-state index contributed by atoms with van der Waals surface area (Å²) < 4.78 is 5.32. The topological polar surface area (TPSA) is 54.3 Å². The van der Waals surface area contributed by atoms with Crippen molar-refractivity contribution < 1.29 is 9.21 Å². The SMILES string of the molecule is CC(Cc1ccco1)NC(=O)C1NCCc2ccccc21. The number of benzene rings is 1. The molecule has 2 atom stereocenters. The lowest BCUT2D eigenvalue weighted by Crippen LogP contribution is -2.44. The van der Waals surface area contributed by atoms with E-state index in [2.05, 4.69) is 16.7 Å². The lowest BCUT2D eigenvalue weighted by molar-refractivity contribution is -0.124. The Kier molecular flexibility index (Phi) is 4.06. The number of carbonyl (C=O) groups excluding carboxylic acids is 1. The molecule has 3 rings (SSSR count). The molecular formula is C17H20N2O2. The van der Waals surface area contributed by atoms with E-state index in [4.69, 9.17) is 4.42 Å². The van der Waals surface area contributed by atoms with E-state index in [9.17, 15) is 4.79 Å². The third kappa shape index (κ3) is 3.16. The van der Waals surface area contributed by atoms with Crippen LogP contribution in [-0.4, -0.2) is 18.5 Å². The molecule has 0 fully saturated rings. The van der Waals surface area contributed by atoms with Gasteiger partial charge >= 0.3 is 0 Å². The second-order valence-corrected chi connectivity index (χ2v) is 5.53. The molecule has 2 N–H and O–H groups in total. The predicted molar refractivity (Wildman–Crippen MR) is 80.9 cm³/mol. The smallest absolute Gasteiger partial charge is 0.241 e. The van der Waals surface area contributed by atoms with Gasteiger partial charge in [0.25, 0.3) is 0 Å². The normalized spacial score (nSPS) is 18.8. The Hall–Kier alpha value is -2.07. The van der Waals surface area contributed by atoms with Crippen LogP contribution in [0, 0.1) is 0 Å². The largest absolute Gasteiger partial charge is 0.469 e. The highest BCUT2D eigenvalue weighted by Crippen LogP contribution is 2.22. The van der Waals surface area contributed by atoms with Crippen molar-refractivity contribution >= 4 is 5.91 Å². The van der Waals surface area contributed by atoms with Gasteiger partial charge in [-0.3, -0.25) is 4.79 Å². The van der Waals surface area contributed by atoms with E-state index in [0.717, 1.165) is 24.3 Å². The van der Waals surface area contributed by atoms with Crippen molar-refractivity contribution in [3.05, 3.63) is 59.5 Å². The molecule has 2 aromatic rings. The number of furan rings is 1. The van der Waals surface area contributed by atoms with Crippen LogP contribution in [0.1, 0.15) is 29.9 Å². The maximum Gasteiger partial charge on any atom is 0.241 e. The van der Waals surface area contributed by atoms with Crippen LogP contribution in [0.3, 0.4) is 0 Å². The van der Waals surface area contributed by atoms with E-state index in [1.54, 1.807) is 6.26 Å². The molecule has 2 heterocycles. The maximum atomic E-state index is 12.5. The molecule has 0 radical (unpaired) electrons. The highest BCUT2D eigenvalue weighted by atomic mass is 16.3. The molecule has 0 saturated carbocycles. The zero-order valence-electron chi connectivity index (χ0n) is 12.1. The number of carbonyl (C=O) groups is 1. The Balaban J connectivity index is 1.66. The number of rotatable bonds is 4. The van der Waals surface area contributed by atoms with Crippen LogP contribution >= 0.6 is 0 Å². The number of fused-ring (bicyclic) bond motifs is 1. The molecule has 0 aliphatic carbocycles. The summed E-state index contributed by atoms with van der Waals surface area (Å²) in [6, 6.07) is 11.7. The van der Waals surface area contributed by atoms with Gasteiger partial charge in [-0.15, -0.1) is 0 Å². The third-order valence-corrected chi connectivity index (χ3v) is 3.85. The lowest BCUT2D eigenvalue weighted by atomic mass is 9.93. The summed E-state index contributed by atoms with van der Waals surface area (Å²) in [7, 11) is 0. The van der Waals surface area contributed by atoms with E-state index in [1.165, 1.54) is 5.56 Å². The quantitative estimate of drug-likeness (QED) is 0.905. The second kappa shape index (κ2) is 6.14. The van der Waals surface area contributed by atoms with Gasteiger partial charge in [0, 0.05) is 19.0 Å². The first kappa shape index (κ1) is 13.9. The van der Waals surface area contributed by atoms with E-state index in [1.807, 2.05) is 37.3 Å². The summed E-state index contributed by atoms with van der Waals surface area (Å²) in [5, 5.41) is 6.37. The van der Waals surface area contributed by atoms with Crippen LogP contribution in [-0.2, 0) is 17.6 Å². The third-order valence-electron chi connectivity index (χ3n) is 3.85. The average Bonchev–Trinajstić information content (AvgIpc) is 2.99. The second-order valence-electron chi connectivity index (χ2n) is 5.53. The Morgan fingerprint density at radius 1 is 1.38 bits per heavy atom. The number of hydrogen-bond acceptors (Lipinski definition) is 3. The summed E-state index contributed by atoms with van der Waals surface area (Å²) in [5.74, 6) is 0.918. The molecule has 1 aliphatic heterocycles. The first-order valence-corrected chi connectivity index (χ1v) is 7.38. The summed E-state index contributed by atoms with van der Waals surface area (Å²) in [4.78, 5) is 12.5. The molecule has 4 heteroatoms. The van der Waals surface area contributed by atoms with Gasteiger partial charge in [0.1, 0.15) is 11.8 Å². The van der Waals surface area contributed by atoms with Gasteiger partial charge in [-0.2, -0.15) is 0 Å². The molecule has 1 amide bonds. The molecule has 0 bridgehead atoms. The molecule has 0 spiro atoms. The van der Waals surface area contributed by atoms with Gasteiger partial charge in [-0.25, -0.2) is 0 Å². The number of hydrogen-bond donors (Lipinski definition) is 2. The zero-order chi connectivity index (χ0) is 14.7. The van der Waals surface area contributed by atoms with Crippen molar-refractivity contribution in [1.29, 1.82) is 0 Å². The first-order chi connectivity index (χ1) is 10.2. The molecule has 1 aromatic heterocycles. The van der Waals surface area contributed by atoms with Gasteiger partial charge in [0.2, 0.25) is 5.91 Å². The summed E-state index contributed by atoms with van der Waals surface area (Å²) in [6.45, 7) is 2.83. The average molecular weight is 284 g/mol. The maximum absolute atomic E-state index is 12.5. The van der Waals surface area contributed by atoms with E-state index >= 15 is 0 Å². The Labute approximate surface area is 124 Å². The highest BCUT2D eigenvalue weighted by molar-refractivity contribution is 5.84. The van der Waals surface area contributed by atoms with Crippen LogP contribution in [0.15, 0.2) is 47.1 Å².